The first-order valence-corrected chi connectivity index (χ1v) is 5.52. The van der Waals surface area contributed by atoms with Gasteiger partial charge < -0.3 is 10.1 Å². The summed E-state index contributed by atoms with van der Waals surface area (Å²) < 4.78 is 0. The molecule has 0 aliphatic rings. The number of nitrogens with one attached hydrogen (secondary N) is 1. The Labute approximate surface area is 104 Å². The molecule has 1 heterocycles. The molecule has 0 fully saturated rings. The van der Waals surface area contributed by atoms with E-state index in [-0.39, 0.29) is 11.1 Å². The van der Waals surface area contributed by atoms with E-state index in [1.807, 2.05) is 32.0 Å². The van der Waals surface area contributed by atoms with Gasteiger partial charge in [-0.1, -0.05) is 23.8 Å². The predicted octanol–water partition coefficient (Wildman–Crippen LogP) is 2.36. The molecule has 0 aliphatic carbocycles. The number of aromatic amines is 1. The monoisotopic (exact) mass is 243 g/mol. The highest BCUT2D eigenvalue weighted by Crippen LogP contribution is 2.21. The van der Waals surface area contributed by atoms with Crippen LogP contribution in [0.15, 0.2) is 35.3 Å². The van der Waals surface area contributed by atoms with Crippen LogP contribution in [-0.2, 0) is 0 Å². The van der Waals surface area contributed by atoms with Crippen LogP contribution in [0.3, 0.4) is 0 Å². The summed E-state index contributed by atoms with van der Waals surface area (Å²) in [4.78, 5) is 25.1. The lowest BCUT2D eigenvalue weighted by Gasteiger charge is -2.07. The smallest absolute Gasteiger partial charge is 0.337 e. The average molecular weight is 243 g/mol. The van der Waals surface area contributed by atoms with Crippen molar-refractivity contribution in [1.82, 2.24) is 4.98 Å². The molecule has 0 amide bonds. The number of aryl methyl sites for hydroxylation is 2. The third-order valence-corrected chi connectivity index (χ3v) is 2.82. The first-order chi connectivity index (χ1) is 8.49. The van der Waals surface area contributed by atoms with Crippen LogP contribution in [0.1, 0.15) is 21.5 Å². The molecule has 0 bridgehead atoms. The molecule has 2 N–H and O–H groups in total. The molecule has 4 nitrogen and oxygen atoms in total. The lowest BCUT2D eigenvalue weighted by Crippen LogP contribution is -2.11. The van der Waals surface area contributed by atoms with Gasteiger partial charge in [0.1, 0.15) is 0 Å². The number of hydrogen-bond donors (Lipinski definition) is 2. The number of hydrogen-bond acceptors (Lipinski definition) is 2. The van der Waals surface area contributed by atoms with Crippen molar-refractivity contribution in [1.29, 1.82) is 0 Å². The van der Waals surface area contributed by atoms with Gasteiger partial charge in [-0.15, -0.1) is 0 Å². The minimum atomic E-state index is -1.06. The van der Waals surface area contributed by atoms with Crippen molar-refractivity contribution in [3.8, 4) is 11.1 Å². The number of carbonyl (C=O) groups is 1. The highest BCUT2D eigenvalue weighted by Gasteiger charge is 2.10. The van der Waals surface area contributed by atoms with Crippen LogP contribution < -0.4 is 5.56 Å². The molecular formula is C14H13NO3. The summed E-state index contributed by atoms with van der Waals surface area (Å²) in [6.45, 7) is 3.86. The summed E-state index contributed by atoms with van der Waals surface area (Å²) in [6.07, 6.45) is 1.21. The SMILES string of the molecule is Cc1ccc(-c2cc(C(=O)O)c[nH]c2=O)c(C)c1. The lowest BCUT2D eigenvalue weighted by molar-refractivity contribution is 0.0696. The van der Waals surface area contributed by atoms with E-state index in [9.17, 15) is 9.59 Å². The average Bonchev–Trinajstić information content (AvgIpc) is 2.30. The number of aromatic carboxylic acids is 1. The van der Waals surface area contributed by atoms with Crippen molar-refractivity contribution < 1.29 is 9.90 Å². The molecule has 0 saturated carbocycles. The molecule has 18 heavy (non-hydrogen) atoms. The fourth-order valence-electron chi connectivity index (χ4n) is 1.92. The summed E-state index contributed by atoms with van der Waals surface area (Å²) in [5, 5.41) is 8.94. The second kappa shape index (κ2) is 4.49. The van der Waals surface area contributed by atoms with Gasteiger partial charge in [0.15, 0.2) is 0 Å². The van der Waals surface area contributed by atoms with Gasteiger partial charge >= 0.3 is 5.97 Å². The maximum Gasteiger partial charge on any atom is 0.337 e. The zero-order valence-corrected chi connectivity index (χ0v) is 10.2. The zero-order chi connectivity index (χ0) is 13.3. The van der Waals surface area contributed by atoms with Crippen molar-refractivity contribution in [2.75, 3.05) is 0 Å². The molecular weight excluding hydrogens is 230 g/mol. The Morgan fingerprint density at radius 1 is 1.17 bits per heavy atom. The summed E-state index contributed by atoms with van der Waals surface area (Å²) in [7, 11) is 0. The van der Waals surface area contributed by atoms with E-state index in [0.717, 1.165) is 16.7 Å². The van der Waals surface area contributed by atoms with Gasteiger partial charge in [0.2, 0.25) is 0 Å². The Kier molecular flexibility index (Phi) is 3.02. The number of carboxylic acids is 1. The number of rotatable bonds is 2. The molecule has 0 radical (unpaired) electrons. The normalized spacial score (nSPS) is 10.3. The Hall–Kier alpha value is -2.36. The molecule has 1 aromatic heterocycles. The minimum absolute atomic E-state index is 0.0737. The van der Waals surface area contributed by atoms with Crippen molar-refractivity contribution in [3.63, 3.8) is 0 Å². The van der Waals surface area contributed by atoms with Crippen molar-refractivity contribution in [2.45, 2.75) is 13.8 Å². The molecule has 0 atom stereocenters. The summed E-state index contributed by atoms with van der Waals surface area (Å²) in [5.74, 6) is -1.06. The van der Waals surface area contributed by atoms with Crippen LogP contribution in [0.4, 0.5) is 0 Å². The maximum absolute atomic E-state index is 11.8. The zero-order valence-electron chi connectivity index (χ0n) is 10.2. The Balaban J connectivity index is 2.66. The van der Waals surface area contributed by atoms with E-state index in [0.29, 0.717) is 5.56 Å². The predicted molar refractivity (Wildman–Crippen MR) is 68.9 cm³/mol. The van der Waals surface area contributed by atoms with E-state index in [1.54, 1.807) is 0 Å². The molecule has 0 spiro atoms. The third-order valence-electron chi connectivity index (χ3n) is 2.82. The molecule has 2 rings (SSSR count). The van der Waals surface area contributed by atoms with Gasteiger partial charge in [0.05, 0.1) is 5.56 Å². The van der Waals surface area contributed by atoms with E-state index in [4.69, 9.17) is 5.11 Å². The second-order valence-corrected chi connectivity index (χ2v) is 4.25. The highest BCUT2D eigenvalue weighted by atomic mass is 16.4. The fraction of sp³-hybridized carbons (Fsp3) is 0.143. The van der Waals surface area contributed by atoms with Crippen LogP contribution in [0.25, 0.3) is 11.1 Å². The van der Waals surface area contributed by atoms with Crippen molar-refractivity contribution in [2.24, 2.45) is 0 Å². The molecule has 1 aromatic carbocycles. The Bertz CT molecular complexity index is 671. The van der Waals surface area contributed by atoms with Crippen molar-refractivity contribution in [3.05, 3.63) is 57.5 Å². The fourth-order valence-corrected chi connectivity index (χ4v) is 1.92. The van der Waals surface area contributed by atoms with Crippen LogP contribution in [0.5, 0.6) is 0 Å². The van der Waals surface area contributed by atoms with E-state index < -0.39 is 5.97 Å². The van der Waals surface area contributed by atoms with E-state index >= 15 is 0 Å². The number of carboxylic acid groups (broad SMARTS) is 1. The number of benzene rings is 1. The molecule has 0 unspecified atom stereocenters. The van der Waals surface area contributed by atoms with Gasteiger partial charge in [-0.25, -0.2) is 4.79 Å². The van der Waals surface area contributed by atoms with Crippen LogP contribution in [0.2, 0.25) is 0 Å². The first kappa shape index (κ1) is 12.1. The largest absolute Gasteiger partial charge is 0.478 e. The topological polar surface area (TPSA) is 70.2 Å². The van der Waals surface area contributed by atoms with Crippen LogP contribution >= 0.6 is 0 Å². The second-order valence-electron chi connectivity index (χ2n) is 4.25. The van der Waals surface area contributed by atoms with Gasteiger partial charge in [-0.3, -0.25) is 4.79 Å². The third kappa shape index (κ3) is 2.18. The summed E-state index contributed by atoms with van der Waals surface area (Å²) in [6, 6.07) is 7.09. The summed E-state index contributed by atoms with van der Waals surface area (Å²) in [5.41, 5.74) is 2.97. The first-order valence-electron chi connectivity index (χ1n) is 5.52. The van der Waals surface area contributed by atoms with Crippen molar-refractivity contribution >= 4 is 5.97 Å². The quantitative estimate of drug-likeness (QED) is 0.850. The maximum atomic E-state index is 11.8. The highest BCUT2D eigenvalue weighted by molar-refractivity contribution is 5.89. The number of pyridine rings is 1. The number of H-pyrrole nitrogens is 1. The van der Waals surface area contributed by atoms with Gasteiger partial charge in [0, 0.05) is 11.8 Å². The molecule has 0 saturated heterocycles. The van der Waals surface area contributed by atoms with Gasteiger partial charge in [-0.2, -0.15) is 0 Å². The standard InChI is InChI=1S/C14H13NO3/c1-8-3-4-11(9(2)5-8)12-6-10(14(17)18)7-15-13(12)16/h3-7H,1-2H3,(H,15,16)(H,17,18). The van der Waals surface area contributed by atoms with Crippen LogP contribution in [0, 0.1) is 13.8 Å². The minimum Gasteiger partial charge on any atom is -0.478 e. The molecule has 92 valence electrons. The van der Waals surface area contributed by atoms with Gasteiger partial charge in [-0.05, 0) is 31.0 Å². The molecule has 2 aromatic rings. The van der Waals surface area contributed by atoms with E-state index in [2.05, 4.69) is 4.98 Å². The molecule has 4 heteroatoms. The Morgan fingerprint density at radius 2 is 1.89 bits per heavy atom. The summed E-state index contributed by atoms with van der Waals surface area (Å²) >= 11 is 0. The van der Waals surface area contributed by atoms with E-state index in [1.165, 1.54) is 12.3 Å². The number of aromatic nitrogens is 1. The molecule has 0 aliphatic heterocycles. The van der Waals surface area contributed by atoms with Gasteiger partial charge in [0.25, 0.3) is 5.56 Å². The lowest BCUT2D eigenvalue weighted by atomic mass is 9.99. The Morgan fingerprint density at radius 3 is 2.50 bits per heavy atom. The van der Waals surface area contributed by atoms with Crippen LogP contribution in [-0.4, -0.2) is 16.1 Å².